The van der Waals surface area contributed by atoms with Crippen molar-refractivity contribution < 1.29 is 8.42 Å². The van der Waals surface area contributed by atoms with Crippen molar-refractivity contribution in [3.05, 3.63) is 40.7 Å². The van der Waals surface area contributed by atoms with E-state index >= 15 is 0 Å². The van der Waals surface area contributed by atoms with Crippen LogP contribution in [0.1, 0.15) is 11.4 Å². The molecule has 8 heteroatoms. The van der Waals surface area contributed by atoms with Crippen LogP contribution in [-0.2, 0) is 17.1 Å². The summed E-state index contributed by atoms with van der Waals surface area (Å²) < 4.78 is 29.1. The first-order valence-electron chi connectivity index (χ1n) is 7.82. The van der Waals surface area contributed by atoms with Gasteiger partial charge in [0.25, 0.3) is 0 Å². The van der Waals surface area contributed by atoms with Gasteiger partial charge in [-0.3, -0.25) is 4.68 Å². The Labute approximate surface area is 147 Å². The number of rotatable bonds is 3. The summed E-state index contributed by atoms with van der Waals surface area (Å²) >= 11 is 6.24. The van der Waals surface area contributed by atoms with Gasteiger partial charge in [0.1, 0.15) is 4.90 Å². The molecule has 1 aliphatic rings. The van der Waals surface area contributed by atoms with Crippen molar-refractivity contribution in [2.75, 3.05) is 31.1 Å². The Hall–Kier alpha value is -1.57. The van der Waals surface area contributed by atoms with E-state index in [9.17, 15) is 8.42 Å². The van der Waals surface area contributed by atoms with Crippen molar-refractivity contribution in [1.29, 1.82) is 0 Å². The smallest absolute Gasteiger partial charge is 0.246 e. The summed E-state index contributed by atoms with van der Waals surface area (Å²) in [4.78, 5) is 2.45. The molecule has 0 aliphatic carbocycles. The van der Waals surface area contributed by atoms with Crippen molar-refractivity contribution in [3.63, 3.8) is 0 Å². The summed E-state index contributed by atoms with van der Waals surface area (Å²) in [5.41, 5.74) is 2.16. The van der Waals surface area contributed by atoms with Crippen LogP contribution in [0.4, 0.5) is 5.69 Å². The molecule has 0 N–H and O–H groups in total. The minimum absolute atomic E-state index is 0.330. The van der Waals surface area contributed by atoms with E-state index < -0.39 is 10.0 Å². The van der Waals surface area contributed by atoms with Gasteiger partial charge in [0.05, 0.1) is 22.1 Å². The van der Waals surface area contributed by atoms with Gasteiger partial charge in [-0.15, -0.1) is 0 Å². The fraction of sp³-hybridized carbons (Fsp3) is 0.438. The highest BCUT2D eigenvalue weighted by Crippen LogP contribution is 2.28. The number of piperazine rings is 1. The SMILES string of the molecule is Cc1nn(C)c(C)c1S(=O)(=O)N1CCN(c2ccccc2Cl)CC1. The summed E-state index contributed by atoms with van der Waals surface area (Å²) in [6.45, 7) is 5.61. The van der Waals surface area contributed by atoms with E-state index in [1.807, 2.05) is 24.3 Å². The summed E-state index contributed by atoms with van der Waals surface area (Å²) in [7, 11) is -1.77. The number of aromatic nitrogens is 2. The minimum Gasteiger partial charge on any atom is -0.368 e. The lowest BCUT2D eigenvalue weighted by Gasteiger charge is -2.35. The normalized spacial score (nSPS) is 16.6. The van der Waals surface area contributed by atoms with E-state index in [1.54, 1.807) is 25.6 Å². The second kappa shape index (κ2) is 6.38. The highest BCUT2D eigenvalue weighted by molar-refractivity contribution is 7.89. The van der Waals surface area contributed by atoms with Crippen LogP contribution in [-0.4, -0.2) is 48.7 Å². The fourth-order valence-corrected chi connectivity index (χ4v) is 5.21. The molecule has 0 saturated carbocycles. The van der Waals surface area contributed by atoms with Gasteiger partial charge in [-0.05, 0) is 26.0 Å². The van der Waals surface area contributed by atoms with Crippen LogP contribution in [0.15, 0.2) is 29.2 Å². The van der Waals surface area contributed by atoms with Crippen LogP contribution in [0.2, 0.25) is 5.02 Å². The maximum Gasteiger partial charge on any atom is 0.246 e. The largest absolute Gasteiger partial charge is 0.368 e. The predicted octanol–water partition coefficient (Wildman–Crippen LogP) is 2.20. The van der Waals surface area contributed by atoms with Crippen LogP contribution >= 0.6 is 11.6 Å². The molecule has 0 amide bonds. The molecule has 1 aromatic heterocycles. The topological polar surface area (TPSA) is 58.4 Å². The maximum absolute atomic E-state index is 13.0. The van der Waals surface area contributed by atoms with Gasteiger partial charge in [-0.1, -0.05) is 23.7 Å². The molecule has 6 nitrogen and oxygen atoms in total. The Morgan fingerprint density at radius 2 is 1.71 bits per heavy atom. The standard InChI is InChI=1S/C16H21ClN4O2S/c1-12-16(13(2)19(3)18-12)24(22,23)21-10-8-20(9-11-21)15-7-5-4-6-14(15)17/h4-7H,8-11H2,1-3H3. The van der Waals surface area contributed by atoms with E-state index in [4.69, 9.17) is 11.6 Å². The van der Waals surface area contributed by atoms with Gasteiger partial charge in [-0.25, -0.2) is 8.42 Å². The second-order valence-electron chi connectivity index (χ2n) is 5.97. The Morgan fingerprint density at radius 3 is 2.25 bits per heavy atom. The van der Waals surface area contributed by atoms with Crippen molar-refractivity contribution >= 4 is 27.3 Å². The molecule has 1 aromatic carbocycles. The first-order chi connectivity index (χ1) is 11.3. The number of para-hydroxylation sites is 1. The van der Waals surface area contributed by atoms with E-state index in [0.29, 0.717) is 47.5 Å². The van der Waals surface area contributed by atoms with Crippen LogP contribution in [0, 0.1) is 13.8 Å². The number of hydrogen-bond donors (Lipinski definition) is 0. The monoisotopic (exact) mass is 368 g/mol. The zero-order valence-electron chi connectivity index (χ0n) is 14.0. The van der Waals surface area contributed by atoms with Crippen molar-refractivity contribution in [3.8, 4) is 0 Å². The van der Waals surface area contributed by atoms with E-state index in [2.05, 4.69) is 10.00 Å². The molecule has 0 unspecified atom stereocenters. The van der Waals surface area contributed by atoms with Gasteiger partial charge in [0.2, 0.25) is 10.0 Å². The van der Waals surface area contributed by atoms with Crippen LogP contribution in [0.25, 0.3) is 0 Å². The quantitative estimate of drug-likeness (QED) is 0.833. The number of sulfonamides is 1. The minimum atomic E-state index is -3.53. The van der Waals surface area contributed by atoms with Gasteiger partial charge in [0, 0.05) is 33.2 Å². The number of nitrogens with zero attached hydrogens (tertiary/aromatic N) is 4. The molecular formula is C16H21ClN4O2S. The molecule has 1 saturated heterocycles. The average Bonchev–Trinajstić information content (AvgIpc) is 2.81. The highest BCUT2D eigenvalue weighted by Gasteiger charge is 2.33. The highest BCUT2D eigenvalue weighted by atomic mass is 35.5. The third-order valence-corrected chi connectivity index (χ3v) is 6.94. The van der Waals surface area contributed by atoms with Crippen molar-refractivity contribution in [1.82, 2.24) is 14.1 Å². The lowest BCUT2D eigenvalue weighted by atomic mass is 10.2. The second-order valence-corrected chi connectivity index (χ2v) is 8.25. The first kappa shape index (κ1) is 17.3. The lowest BCUT2D eigenvalue weighted by molar-refractivity contribution is 0.384. The van der Waals surface area contributed by atoms with E-state index in [0.717, 1.165) is 5.69 Å². The van der Waals surface area contributed by atoms with Gasteiger partial charge in [-0.2, -0.15) is 9.40 Å². The Kier molecular flexibility index (Phi) is 4.59. The van der Waals surface area contributed by atoms with Crippen molar-refractivity contribution in [2.45, 2.75) is 18.7 Å². The predicted molar refractivity (Wildman–Crippen MR) is 95.1 cm³/mol. The lowest BCUT2D eigenvalue weighted by Crippen LogP contribution is -2.48. The molecule has 24 heavy (non-hydrogen) atoms. The average molecular weight is 369 g/mol. The molecular weight excluding hydrogens is 348 g/mol. The van der Waals surface area contributed by atoms with E-state index in [1.165, 1.54) is 4.31 Å². The van der Waals surface area contributed by atoms with Gasteiger partial charge >= 0.3 is 0 Å². The Morgan fingerprint density at radius 1 is 1.08 bits per heavy atom. The maximum atomic E-state index is 13.0. The van der Waals surface area contributed by atoms with Crippen LogP contribution in [0.5, 0.6) is 0 Å². The van der Waals surface area contributed by atoms with Gasteiger partial charge < -0.3 is 4.90 Å². The summed E-state index contributed by atoms with van der Waals surface area (Å²) in [6.07, 6.45) is 0. The molecule has 130 valence electrons. The molecule has 1 fully saturated rings. The zero-order chi connectivity index (χ0) is 17.5. The summed E-state index contributed by atoms with van der Waals surface area (Å²) in [5, 5.41) is 4.92. The van der Waals surface area contributed by atoms with Crippen LogP contribution < -0.4 is 4.90 Å². The molecule has 2 aromatic rings. The Balaban J connectivity index is 1.80. The number of aryl methyl sites for hydroxylation is 2. The number of anilines is 1. The molecule has 0 radical (unpaired) electrons. The molecule has 3 rings (SSSR count). The van der Waals surface area contributed by atoms with Gasteiger partial charge in [0.15, 0.2) is 0 Å². The van der Waals surface area contributed by atoms with Crippen molar-refractivity contribution in [2.24, 2.45) is 7.05 Å². The number of benzene rings is 1. The Bertz CT molecular complexity index is 855. The fourth-order valence-electron chi connectivity index (χ4n) is 3.13. The molecule has 1 aliphatic heterocycles. The zero-order valence-corrected chi connectivity index (χ0v) is 15.6. The van der Waals surface area contributed by atoms with E-state index in [-0.39, 0.29) is 0 Å². The first-order valence-corrected chi connectivity index (χ1v) is 9.64. The molecule has 0 bridgehead atoms. The molecule has 0 atom stereocenters. The third-order valence-electron chi connectivity index (χ3n) is 4.47. The summed E-state index contributed by atoms with van der Waals surface area (Å²) in [5.74, 6) is 0. The number of halogens is 1. The van der Waals surface area contributed by atoms with Crippen LogP contribution in [0.3, 0.4) is 0 Å². The molecule has 2 heterocycles. The molecule has 0 spiro atoms. The number of hydrogen-bond acceptors (Lipinski definition) is 4. The third kappa shape index (κ3) is 2.92. The summed E-state index contributed by atoms with van der Waals surface area (Å²) in [6, 6.07) is 7.64.